The Bertz CT molecular complexity index is 110. The largest absolute Gasteiger partial charge is 0.359 e. The zero-order valence-corrected chi connectivity index (χ0v) is 6.23. The first-order valence-electron chi connectivity index (χ1n) is 4.12. The van der Waals surface area contributed by atoms with Crippen LogP contribution in [0.2, 0.25) is 0 Å². The molecule has 0 aromatic heterocycles. The maximum Gasteiger partial charge on any atom is 0.119 e. The van der Waals surface area contributed by atoms with Crippen LogP contribution in [0.15, 0.2) is 0 Å². The van der Waals surface area contributed by atoms with Crippen molar-refractivity contribution in [3.05, 3.63) is 6.42 Å². The molecular formula is C8H14NO. The highest BCUT2D eigenvalue weighted by Crippen LogP contribution is 2.30. The molecule has 1 saturated carbocycles. The van der Waals surface area contributed by atoms with Crippen LogP contribution in [0.25, 0.3) is 0 Å². The predicted octanol–water partition coefficient (Wildman–Crippen LogP) is 1.08. The molecule has 0 aromatic rings. The molecule has 0 bridgehead atoms. The molecule has 1 N–H and O–H groups in total. The molecular weight excluding hydrogens is 126 g/mol. The van der Waals surface area contributed by atoms with Crippen LogP contribution in [0.1, 0.15) is 25.7 Å². The van der Waals surface area contributed by atoms with E-state index in [1.807, 2.05) is 0 Å². The molecule has 0 aromatic carbocycles. The van der Waals surface area contributed by atoms with E-state index in [4.69, 9.17) is 4.74 Å². The van der Waals surface area contributed by atoms with Gasteiger partial charge in [0.25, 0.3) is 0 Å². The third-order valence-electron chi connectivity index (χ3n) is 2.43. The minimum Gasteiger partial charge on any atom is -0.359 e. The van der Waals surface area contributed by atoms with Gasteiger partial charge in [0, 0.05) is 6.54 Å². The molecule has 2 fully saturated rings. The summed E-state index contributed by atoms with van der Waals surface area (Å²) >= 11 is 0. The van der Waals surface area contributed by atoms with Gasteiger partial charge in [-0.1, -0.05) is 0 Å². The Morgan fingerprint density at radius 1 is 1.30 bits per heavy atom. The third kappa shape index (κ3) is 1.06. The van der Waals surface area contributed by atoms with Gasteiger partial charge in [-0.3, -0.25) is 5.32 Å². The van der Waals surface area contributed by atoms with E-state index in [9.17, 15) is 0 Å². The van der Waals surface area contributed by atoms with Crippen molar-refractivity contribution in [2.24, 2.45) is 0 Å². The number of nitrogens with one attached hydrogen (secondary N) is 1. The minimum atomic E-state index is 0.0920. The van der Waals surface area contributed by atoms with E-state index in [2.05, 4.69) is 11.7 Å². The second-order valence-corrected chi connectivity index (χ2v) is 3.14. The molecule has 0 unspecified atom stereocenters. The predicted molar refractivity (Wildman–Crippen MR) is 39.5 cm³/mol. The molecule has 0 atom stereocenters. The fourth-order valence-electron chi connectivity index (χ4n) is 1.84. The molecule has 1 radical (unpaired) electrons. The van der Waals surface area contributed by atoms with Crippen LogP contribution >= 0.6 is 0 Å². The van der Waals surface area contributed by atoms with Crippen molar-refractivity contribution >= 4 is 0 Å². The highest BCUT2D eigenvalue weighted by atomic mass is 16.5. The summed E-state index contributed by atoms with van der Waals surface area (Å²) in [5.41, 5.74) is 0.0920. The van der Waals surface area contributed by atoms with Gasteiger partial charge in [-0.25, -0.2) is 0 Å². The molecule has 57 valence electrons. The van der Waals surface area contributed by atoms with Crippen molar-refractivity contribution in [3.8, 4) is 0 Å². The van der Waals surface area contributed by atoms with E-state index in [-0.39, 0.29) is 5.72 Å². The Hall–Kier alpha value is -0.0800. The fraction of sp³-hybridized carbons (Fsp3) is 0.875. The van der Waals surface area contributed by atoms with Gasteiger partial charge in [-0.2, -0.15) is 0 Å². The van der Waals surface area contributed by atoms with Gasteiger partial charge >= 0.3 is 0 Å². The number of rotatable bonds is 0. The monoisotopic (exact) mass is 140 g/mol. The quantitative estimate of drug-likeness (QED) is 0.543. The van der Waals surface area contributed by atoms with Crippen LogP contribution in [0.5, 0.6) is 0 Å². The molecule has 1 saturated heterocycles. The van der Waals surface area contributed by atoms with Gasteiger partial charge in [0.2, 0.25) is 0 Å². The van der Waals surface area contributed by atoms with Gasteiger partial charge in [0.15, 0.2) is 0 Å². The van der Waals surface area contributed by atoms with Crippen LogP contribution in [0.3, 0.4) is 0 Å². The van der Waals surface area contributed by atoms with E-state index in [1.54, 1.807) is 0 Å². The molecule has 2 nitrogen and oxygen atoms in total. The summed E-state index contributed by atoms with van der Waals surface area (Å²) in [6.45, 7) is 1.94. The first-order valence-corrected chi connectivity index (χ1v) is 4.12. The molecule has 1 spiro atoms. The van der Waals surface area contributed by atoms with E-state index in [0.29, 0.717) is 0 Å². The first-order chi connectivity index (χ1) is 4.91. The Labute approximate surface area is 61.9 Å². The normalized spacial score (nSPS) is 31.2. The van der Waals surface area contributed by atoms with Crippen molar-refractivity contribution in [3.63, 3.8) is 0 Å². The fourth-order valence-corrected chi connectivity index (χ4v) is 1.84. The van der Waals surface area contributed by atoms with E-state index < -0.39 is 0 Å². The Balaban J connectivity index is 1.98. The summed E-state index contributed by atoms with van der Waals surface area (Å²) in [7, 11) is 0. The maximum atomic E-state index is 5.65. The van der Waals surface area contributed by atoms with E-state index >= 15 is 0 Å². The topological polar surface area (TPSA) is 21.3 Å². The summed E-state index contributed by atoms with van der Waals surface area (Å²) in [5, 5.41) is 3.43. The molecule has 1 aliphatic carbocycles. The van der Waals surface area contributed by atoms with E-state index in [1.165, 1.54) is 25.7 Å². The summed E-state index contributed by atoms with van der Waals surface area (Å²) < 4.78 is 5.65. The second kappa shape index (κ2) is 2.51. The number of ether oxygens (including phenoxy) is 1. The molecule has 2 rings (SSSR count). The molecule has 2 heteroatoms. The lowest BCUT2D eigenvalue weighted by Gasteiger charge is -2.32. The zero-order chi connectivity index (χ0) is 6.86. The smallest absolute Gasteiger partial charge is 0.119 e. The molecule has 0 amide bonds. The van der Waals surface area contributed by atoms with Gasteiger partial charge in [-0.15, -0.1) is 0 Å². The molecule has 10 heavy (non-hydrogen) atoms. The van der Waals surface area contributed by atoms with Crippen molar-refractivity contribution in [2.75, 3.05) is 13.2 Å². The van der Waals surface area contributed by atoms with Gasteiger partial charge < -0.3 is 4.74 Å². The summed E-state index contributed by atoms with van der Waals surface area (Å²) in [5.74, 6) is 0. The summed E-state index contributed by atoms with van der Waals surface area (Å²) in [6.07, 6.45) is 7.13. The van der Waals surface area contributed by atoms with Crippen molar-refractivity contribution in [2.45, 2.75) is 31.4 Å². The lowest BCUT2D eigenvalue weighted by atomic mass is 9.92. The Morgan fingerprint density at radius 2 is 2.10 bits per heavy atom. The first kappa shape index (κ1) is 6.62. The highest BCUT2D eigenvalue weighted by Gasteiger charge is 2.35. The van der Waals surface area contributed by atoms with Crippen molar-refractivity contribution in [1.29, 1.82) is 0 Å². The Morgan fingerprint density at radius 3 is 2.70 bits per heavy atom. The number of hydrogen-bond acceptors (Lipinski definition) is 2. The minimum absolute atomic E-state index is 0.0920. The van der Waals surface area contributed by atoms with Crippen LogP contribution < -0.4 is 5.32 Å². The number of hydrogen-bond donors (Lipinski definition) is 1. The van der Waals surface area contributed by atoms with Crippen LogP contribution in [0.4, 0.5) is 0 Å². The van der Waals surface area contributed by atoms with Gasteiger partial charge in [-0.05, 0) is 32.1 Å². The maximum absolute atomic E-state index is 5.65. The lowest BCUT2D eigenvalue weighted by Crippen LogP contribution is -2.42. The van der Waals surface area contributed by atoms with Crippen molar-refractivity contribution in [1.82, 2.24) is 5.32 Å². The summed E-state index contributed by atoms with van der Waals surface area (Å²) in [6, 6.07) is 0. The van der Waals surface area contributed by atoms with Gasteiger partial charge in [0.1, 0.15) is 5.72 Å². The second-order valence-electron chi connectivity index (χ2n) is 3.14. The van der Waals surface area contributed by atoms with E-state index in [0.717, 1.165) is 13.2 Å². The standard InChI is InChI=1S/C8H14NO/c1-2-4-8(5-3-1)9-6-7-10-8/h1,9H,2-7H2. The lowest BCUT2D eigenvalue weighted by molar-refractivity contribution is -0.0315. The van der Waals surface area contributed by atoms with Crippen LogP contribution in [-0.2, 0) is 4.74 Å². The van der Waals surface area contributed by atoms with Crippen LogP contribution in [-0.4, -0.2) is 18.9 Å². The van der Waals surface area contributed by atoms with Crippen molar-refractivity contribution < 1.29 is 4.74 Å². The molecule has 2 aliphatic rings. The third-order valence-corrected chi connectivity index (χ3v) is 2.43. The molecule has 1 heterocycles. The van der Waals surface area contributed by atoms with Crippen LogP contribution in [0, 0.1) is 6.42 Å². The zero-order valence-electron chi connectivity index (χ0n) is 6.23. The average molecular weight is 140 g/mol. The molecule has 1 aliphatic heterocycles. The van der Waals surface area contributed by atoms with Gasteiger partial charge in [0.05, 0.1) is 6.61 Å². The SMILES string of the molecule is [CH]1CCC2(CC1)NCCO2. The Kier molecular flexibility index (Phi) is 1.66. The average Bonchev–Trinajstić information content (AvgIpc) is 2.39. The summed E-state index contributed by atoms with van der Waals surface area (Å²) in [4.78, 5) is 0. The highest BCUT2D eigenvalue weighted by molar-refractivity contribution is 4.90.